The number of hydrogen-bond acceptors (Lipinski definition) is 4. The highest BCUT2D eigenvalue weighted by Crippen LogP contribution is 2.19. The Labute approximate surface area is 96.4 Å². The van der Waals surface area contributed by atoms with E-state index in [2.05, 4.69) is 10.3 Å². The maximum atomic E-state index is 5.69. The van der Waals surface area contributed by atoms with Gasteiger partial charge in [0.15, 0.2) is 0 Å². The molecule has 2 atom stereocenters. The lowest BCUT2D eigenvalue weighted by molar-refractivity contribution is 0.0137. The fourth-order valence-electron chi connectivity index (χ4n) is 1.93. The lowest BCUT2D eigenvalue weighted by Crippen LogP contribution is -2.21. The Kier molecular flexibility index (Phi) is 3.96. The summed E-state index contributed by atoms with van der Waals surface area (Å²) in [7, 11) is 1.90. The van der Waals surface area contributed by atoms with Crippen LogP contribution in [0.1, 0.15) is 43.9 Å². The van der Waals surface area contributed by atoms with Gasteiger partial charge in [-0.25, -0.2) is 4.98 Å². The first-order chi connectivity index (χ1) is 7.79. The summed E-state index contributed by atoms with van der Waals surface area (Å²) in [6.07, 6.45) is 6.58. The minimum Gasteiger partial charge on any atom is -0.444 e. The standard InChI is InChI=1S/C12H20N2O2/c1-9(13-2)12-14-8-11(16-12)7-10-5-3-4-6-15-10/h8-10,13H,3-7H2,1-2H3. The molecule has 0 radical (unpaired) electrons. The summed E-state index contributed by atoms with van der Waals surface area (Å²) >= 11 is 0. The lowest BCUT2D eigenvalue weighted by Gasteiger charge is -2.21. The van der Waals surface area contributed by atoms with E-state index in [0.29, 0.717) is 6.10 Å². The Morgan fingerprint density at radius 2 is 2.44 bits per heavy atom. The van der Waals surface area contributed by atoms with Crippen LogP contribution in [-0.4, -0.2) is 24.7 Å². The van der Waals surface area contributed by atoms with Crippen LogP contribution in [0.25, 0.3) is 0 Å². The van der Waals surface area contributed by atoms with Crippen LogP contribution in [0.3, 0.4) is 0 Å². The predicted molar refractivity (Wildman–Crippen MR) is 61.3 cm³/mol. The first-order valence-electron chi connectivity index (χ1n) is 6.03. The van der Waals surface area contributed by atoms with E-state index in [4.69, 9.17) is 9.15 Å². The summed E-state index contributed by atoms with van der Waals surface area (Å²) in [6, 6.07) is 0.168. The SMILES string of the molecule is CNC(C)c1ncc(CC2CCCCO2)o1. The average molecular weight is 224 g/mol. The summed E-state index contributed by atoms with van der Waals surface area (Å²) < 4.78 is 11.4. The van der Waals surface area contributed by atoms with Gasteiger partial charge in [-0.1, -0.05) is 0 Å². The van der Waals surface area contributed by atoms with Crippen LogP contribution >= 0.6 is 0 Å². The van der Waals surface area contributed by atoms with Gasteiger partial charge in [-0.05, 0) is 33.2 Å². The van der Waals surface area contributed by atoms with Crippen molar-refractivity contribution in [3.05, 3.63) is 17.8 Å². The molecule has 0 amide bonds. The lowest BCUT2D eigenvalue weighted by atomic mass is 10.1. The molecule has 1 aliphatic rings. The summed E-state index contributed by atoms with van der Waals surface area (Å²) in [6.45, 7) is 2.92. The van der Waals surface area contributed by atoms with Crippen molar-refractivity contribution in [1.82, 2.24) is 10.3 Å². The summed E-state index contributed by atoms with van der Waals surface area (Å²) in [5, 5.41) is 3.11. The molecule has 0 spiro atoms. The molecule has 0 aromatic carbocycles. The quantitative estimate of drug-likeness (QED) is 0.850. The van der Waals surface area contributed by atoms with Crippen molar-refractivity contribution < 1.29 is 9.15 Å². The van der Waals surface area contributed by atoms with E-state index in [9.17, 15) is 0 Å². The van der Waals surface area contributed by atoms with Crippen molar-refractivity contribution in [2.24, 2.45) is 0 Å². The third kappa shape index (κ3) is 2.83. The molecule has 1 fully saturated rings. The maximum absolute atomic E-state index is 5.69. The highest BCUT2D eigenvalue weighted by atomic mass is 16.5. The van der Waals surface area contributed by atoms with E-state index in [0.717, 1.165) is 31.1 Å². The first-order valence-corrected chi connectivity index (χ1v) is 6.03. The van der Waals surface area contributed by atoms with Crippen LogP contribution in [-0.2, 0) is 11.2 Å². The maximum Gasteiger partial charge on any atom is 0.211 e. The monoisotopic (exact) mass is 224 g/mol. The third-order valence-electron chi connectivity index (χ3n) is 3.08. The van der Waals surface area contributed by atoms with Crippen LogP contribution in [0.2, 0.25) is 0 Å². The van der Waals surface area contributed by atoms with Gasteiger partial charge in [-0.15, -0.1) is 0 Å². The van der Waals surface area contributed by atoms with Crippen LogP contribution in [0, 0.1) is 0 Å². The van der Waals surface area contributed by atoms with Crippen LogP contribution in [0.4, 0.5) is 0 Å². The van der Waals surface area contributed by atoms with E-state index in [1.54, 1.807) is 0 Å². The molecule has 1 aromatic rings. The van der Waals surface area contributed by atoms with E-state index in [1.807, 2.05) is 20.2 Å². The van der Waals surface area contributed by atoms with Gasteiger partial charge in [0.1, 0.15) is 5.76 Å². The number of rotatable bonds is 4. The largest absolute Gasteiger partial charge is 0.444 e. The molecule has 16 heavy (non-hydrogen) atoms. The summed E-state index contributed by atoms with van der Waals surface area (Å²) in [5.74, 6) is 1.69. The zero-order valence-electron chi connectivity index (χ0n) is 10.0. The Morgan fingerprint density at radius 1 is 1.56 bits per heavy atom. The Morgan fingerprint density at radius 3 is 3.12 bits per heavy atom. The van der Waals surface area contributed by atoms with Crippen molar-refractivity contribution in [3.63, 3.8) is 0 Å². The van der Waals surface area contributed by atoms with Gasteiger partial charge in [0.05, 0.1) is 18.3 Å². The zero-order valence-corrected chi connectivity index (χ0v) is 10.0. The van der Waals surface area contributed by atoms with Crippen LogP contribution in [0.15, 0.2) is 10.6 Å². The molecule has 2 unspecified atom stereocenters. The first kappa shape index (κ1) is 11.6. The Hall–Kier alpha value is -0.870. The number of oxazole rings is 1. The normalized spacial score (nSPS) is 23.2. The molecular weight excluding hydrogens is 204 g/mol. The van der Waals surface area contributed by atoms with Gasteiger partial charge in [0.25, 0.3) is 0 Å². The van der Waals surface area contributed by atoms with Gasteiger partial charge < -0.3 is 14.5 Å². The fourth-order valence-corrected chi connectivity index (χ4v) is 1.93. The zero-order chi connectivity index (χ0) is 11.4. The molecule has 4 heteroatoms. The number of hydrogen-bond donors (Lipinski definition) is 1. The van der Waals surface area contributed by atoms with Crippen molar-refractivity contribution in [2.75, 3.05) is 13.7 Å². The highest BCUT2D eigenvalue weighted by Gasteiger charge is 2.17. The molecule has 0 aliphatic carbocycles. The van der Waals surface area contributed by atoms with Crippen molar-refractivity contribution >= 4 is 0 Å². The van der Waals surface area contributed by atoms with Crippen LogP contribution < -0.4 is 5.32 Å². The minimum absolute atomic E-state index is 0.168. The summed E-state index contributed by atoms with van der Waals surface area (Å²) in [5.41, 5.74) is 0. The molecule has 1 aromatic heterocycles. The number of aromatic nitrogens is 1. The highest BCUT2D eigenvalue weighted by molar-refractivity contribution is 4.99. The second-order valence-electron chi connectivity index (χ2n) is 4.37. The van der Waals surface area contributed by atoms with E-state index < -0.39 is 0 Å². The minimum atomic E-state index is 0.168. The van der Waals surface area contributed by atoms with E-state index in [1.165, 1.54) is 12.8 Å². The van der Waals surface area contributed by atoms with Crippen molar-refractivity contribution in [3.8, 4) is 0 Å². The van der Waals surface area contributed by atoms with Gasteiger partial charge in [-0.2, -0.15) is 0 Å². The second kappa shape index (κ2) is 5.46. The van der Waals surface area contributed by atoms with E-state index in [-0.39, 0.29) is 6.04 Å². The predicted octanol–water partition coefficient (Wildman–Crippen LogP) is 2.07. The van der Waals surface area contributed by atoms with E-state index >= 15 is 0 Å². The third-order valence-corrected chi connectivity index (χ3v) is 3.08. The molecule has 4 nitrogen and oxygen atoms in total. The Balaban J connectivity index is 1.91. The van der Waals surface area contributed by atoms with Crippen molar-refractivity contribution in [1.29, 1.82) is 0 Å². The molecule has 1 N–H and O–H groups in total. The number of nitrogens with zero attached hydrogens (tertiary/aromatic N) is 1. The molecular formula is C12H20N2O2. The van der Waals surface area contributed by atoms with Gasteiger partial charge >= 0.3 is 0 Å². The fraction of sp³-hybridized carbons (Fsp3) is 0.750. The molecule has 2 heterocycles. The molecule has 0 saturated carbocycles. The van der Waals surface area contributed by atoms with Gasteiger partial charge in [-0.3, -0.25) is 0 Å². The number of nitrogens with one attached hydrogen (secondary N) is 1. The second-order valence-corrected chi connectivity index (χ2v) is 4.37. The molecule has 1 saturated heterocycles. The van der Waals surface area contributed by atoms with Gasteiger partial charge in [0, 0.05) is 13.0 Å². The molecule has 2 rings (SSSR count). The van der Waals surface area contributed by atoms with Crippen molar-refractivity contribution in [2.45, 2.75) is 44.8 Å². The molecule has 1 aliphatic heterocycles. The molecule has 90 valence electrons. The molecule has 0 bridgehead atoms. The van der Waals surface area contributed by atoms with Crippen LogP contribution in [0.5, 0.6) is 0 Å². The number of ether oxygens (including phenoxy) is 1. The average Bonchev–Trinajstić information content (AvgIpc) is 2.78. The summed E-state index contributed by atoms with van der Waals surface area (Å²) in [4.78, 5) is 4.27. The topological polar surface area (TPSA) is 47.3 Å². The Bertz CT molecular complexity index is 319. The smallest absolute Gasteiger partial charge is 0.211 e. The van der Waals surface area contributed by atoms with Gasteiger partial charge in [0.2, 0.25) is 5.89 Å².